The third-order valence-corrected chi connectivity index (χ3v) is 3.63. The number of fused-ring (bicyclic) bond motifs is 1. The van der Waals surface area contributed by atoms with E-state index in [1.54, 1.807) is 6.07 Å². The number of carbonyl (C=O) groups excluding carboxylic acids is 1. The number of rotatable bonds is 5. The van der Waals surface area contributed by atoms with Crippen molar-refractivity contribution in [1.29, 1.82) is 0 Å². The summed E-state index contributed by atoms with van der Waals surface area (Å²) in [6, 6.07) is 2.94. The van der Waals surface area contributed by atoms with Crippen LogP contribution < -0.4 is 10.2 Å². The van der Waals surface area contributed by atoms with E-state index in [1.165, 1.54) is 17.0 Å². The minimum absolute atomic E-state index is 0.390. The number of halogens is 1. The molecule has 0 radical (unpaired) electrons. The number of unbranched alkanes of at least 4 members (excludes halogenated alkanes) is 1. The van der Waals surface area contributed by atoms with Crippen molar-refractivity contribution in [2.45, 2.75) is 38.6 Å². The van der Waals surface area contributed by atoms with E-state index in [2.05, 4.69) is 5.32 Å². The second kappa shape index (κ2) is 6.56. The van der Waals surface area contributed by atoms with Crippen LogP contribution >= 0.6 is 0 Å². The monoisotopic (exact) mass is 294 g/mol. The fourth-order valence-electron chi connectivity index (χ4n) is 2.46. The number of hydrogen-bond acceptors (Lipinski definition) is 2. The second-order valence-electron chi connectivity index (χ2n) is 5.16. The van der Waals surface area contributed by atoms with Gasteiger partial charge < -0.3 is 10.4 Å². The van der Waals surface area contributed by atoms with E-state index in [1.807, 2.05) is 6.92 Å². The van der Waals surface area contributed by atoms with Crippen LogP contribution in [-0.4, -0.2) is 29.7 Å². The van der Waals surface area contributed by atoms with Crippen LogP contribution in [0.1, 0.15) is 31.7 Å². The molecule has 1 aliphatic heterocycles. The van der Waals surface area contributed by atoms with Crippen molar-refractivity contribution < 1.29 is 19.1 Å². The van der Waals surface area contributed by atoms with Crippen molar-refractivity contribution in [2.75, 3.05) is 11.4 Å². The molecule has 0 unspecified atom stereocenters. The Morgan fingerprint density at radius 3 is 2.90 bits per heavy atom. The van der Waals surface area contributed by atoms with Gasteiger partial charge in [-0.3, -0.25) is 4.90 Å². The highest BCUT2D eigenvalue weighted by atomic mass is 19.1. The molecule has 1 aliphatic rings. The van der Waals surface area contributed by atoms with Crippen molar-refractivity contribution in [2.24, 2.45) is 0 Å². The fraction of sp³-hybridized carbons (Fsp3) is 0.467. The molecule has 0 aromatic heterocycles. The molecule has 0 spiro atoms. The second-order valence-corrected chi connectivity index (χ2v) is 5.16. The quantitative estimate of drug-likeness (QED) is 0.876. The number of carboxylic acids is 1. The molecule has 0 saturated carbocycles. The van der Waals surface area contributed by atoms with E-state index < -0.39 is 23.9 Å². The molecule has 1 heterocycles. The normalized spacial score (nSPS) is 14.7. The number of benzene rings is 1. The summed E-state index contributed by atoms with van der Waals surface area (Å²) < 4.78 is 13.3. The minimum Gasteiger partial charge on any atom is -0.480 e. The van der Waals surface area contributed by atoms with Crippen LogP contribution in [0.15, 0.2) is 18.2 Å². The first-order chi connectivity index (χ1) is 10.0. The van der Waals surface area contributed by atoms with Crippen molar-refractivity contribution in [3.05, 3.63) is 29.6 Å². The molecular formula is C15H19FN2O3. The van der Waals surface area contributed by atoms with Gasteiger partial charge >= 0.3 is 12.0 Å². The molecule has 0 fully saturated rings. The van der Waals surface area contributed by atoms with E-state index in [9.17, 15) is 14.0 Å². The van der Waals surface area contributed by atoms with Crippen molar-refractivity contribution in [1.82, 2.24) is 5.32 Å². The molecule has 1 aromatic rings. The van der Waals surface area contributed by atoms with Gasteiger partial charge in [0.05, 0.1) is 5.69 Å². The Hall–Kier alpha value is -2.11. The van der Waals surface area contributed by atoms with Crippen LogP contribution in [0, 0.1) is 5.82 Å². The number of amides is 2. The van der Waals surface area contributed by atoms with Gasteiger partial charge in [0.1, 0.15) is 11.9 Å². The highest BCUT2D eigenvalue weighted by molar-refractivity contribution is 5.96. The Morgan fingerprint density at radius 1 is 1.48 bits per heavy atom. The molecule has 0 bridgehead atoms. The standard InChI is InChI=1S/C15H19FN2O3/c1-2-3-4-12(14(19)20)17-15(21)18-8-7-10-5-6-11(16)9-13(10)18/h5-6,9,12H,2-4,7-8H2,1H3,(H,17,21)(H,19,20)/t12-/m0/s1. The van der Waals surface area contributed by atoms with E-state index in [0.717, 1.165) is 18.4 Å². The van der Waals surface area contributed by atoms with Crippen molar-refractivity contribution in [3.63, 3.8) is 0 Å². The summed E-state index contributed by atoms with van der Waals surface area (Å²) in [7, 11) is 0. The summed E-state index contributed by atoms with van der Waals surface area (Å²) in [5.41, 5.74) is 1.42. The van der Waals surface area contributed by atoms with Crippen LogP contribution in [0.2, 0.25) is 0 Å². The summed E-state index contributed by atoms with van der Waals surface area (Å²) in [6.07, 6.45) is 2.62. The Kier molecular flexibility index (Phi) is 4.77. The SMILES string of the molecule is CCCC[C@H](NC(=O)N1CCc2ccc(F)cc21)C(=O)O. The summed E-state index contributed by atoms with van der Waals surface area (Å²) in [5, 5.41) is 11.7. The maximum atomic E-state index is 13.3. The first-order valence-corrected chi connectivity index (χ1v) is 7.12. The number of anilines is 1. The lowest BCUT2D eigenvalue weighted by Gasteiger charge is -2.21. The average Bonchev–Trinajstić information content (AvgIpc) is 2.85. The molecule has 2 rings (SSSR count). The van der Waals surface area contributed by atoms with Gasteiger partial charge in [-0.25, -0.2) is 14.0 Å². The van der Waals surface area contributed by atoms with Crippen LogP contribution in [0.25, 0.3) is 0 Å². The molecule has 1 atom stereocenters. The first-order valence-electron chi connectivity index (χ1n) is 7.12. The van der Waals surface area contributed by atoms with Crippen LogP contribution in [0.3, 0.4) is 0 Å². The molecule has 2 N–H and O–H groups in total. The summed E-state index contributed by atoms with van der Waals surface area (Å²) in [4.78, 5) is 24.8. The Balaban J connectivity index is 2.08. The predicted octanol–water partition coefficient (Wildman–Crippen LogP) is 2.54. The molecule has 6 heteroatoms. The Morgan fingerprint density at radius 2 is 2.24 bits per heavy atom. The summed E-state index contributed by atoms with van der Waals surface area (Å²) >= 11 is 0. The highest BCUT2D eigenvalue weighted by Gasteiger charge is 2.28. The van der Waals surface area contributed by atoms with Gasteiger partial charge in [0.2, 0.25) is 0 Å². The zero-order chi connectivity index (χ0) is 15.4. The number of urea groups is 1. The fourth-order valence-corrected chi connectivity index (χ4v) is 2.46. The molecule has 0 saturated heterocycles. The molecule has 1 aromatic carbocycles. The van der Waals surface area contributed by atoms with Gasteiger partial charge in [0, 0.05) is 6.54 Å². The van der Waals surface area contributed by atoms with Gasteiger partial charge in [-0.1, -0.05) is 25.8 Å². The van der Waals surface area contributed by atoms with Gasteiger partial charge in [-0.15, -0.1) is 0 Å². The van der Waals surface area contributed by atoms with E-state index in [4.69, 9.17) is 5.11 Å². The lowest BCUT2D eigenvalue weighted by Crippen LogP contribution is -2.47. The smallest absolute Gasteiger partial charge is 0.326 e. The Labute approximate surface area is 122 Å². The molecular weight excluding hydrogens is 275 g/mol. The van der Waals surface area contributed by atoms with Gasteiger partial charge in [0.15, 0.2) is 0 Å². The zero-order valence-corrected chi connectivity index (χ0v) is 11.9. The van der Waals surface area contributed by atoms with Crippen LogP contribution in [0.4, 0.5) is 14.9 Å². The molecule has 2 amide bonds. The van der Waals surface area contributed by atoms with Crippen LogP contribution in [-0.2, 0) is 11.2 Å². The van der Waals surface area contributed by atoms with Gasteiger partial charge in [0.25, 0.3) is 0 Å². The number of carboxylic acid groups (broad SMARTS) is 1. The maximum Gasteiger partial charge on any atom is 0.326 e. The summed E-state index contributed by atoms with van der Waals surface area (Å²) in [6.45, 7) is 2.39. The zero-order valence-electron chi connectivity index (χ0n) is 11.9. The molecule has 0 aliphatic carbocycles. The largest absolute Gasteiger partial charge is 0.480 e. The number of aliphatic carboxylic acids is 1. The van der Waals surface area contributed by atoms with E-state index >= 15 is 0 Å². The number of hydrogen-bond donors (Lipinski definition) is 2. The molecule has 21 heavy (non-hydrogen) atoms. The van der Waals surface area contributed by atoms with Gasteiger partial charge in [-0.2, -0.15) is 0 Å². The van der Waals surface area contributed by atoms with E-state index in [-0.39, 0.29) is 0 Å². The lowest BCUT2D eigenvalue weighted by molar-refractivity contribution is -0.139. The van der Waals surface area contributed by atoms with Crippen molar-refractivity contribution >= 4 is 17.7 Å². The highest BCUT2D eigenvalue weighted by Crippen LogP contribution is 2.28. The maximum absolute atomic E-state index is 13.3. The number of nitrogens with one attached hydrogen (secondary N) is 1. The molecule has 114 valence electrons. The third kappa shape index (κ3) is 3.51. The first kappa shape index (κ1) is 15.3. The Bertz CT molecular complexity index is 548. The third-order valence-electron chi connectivity index (χ3n) is 3.63. The average molecular weight is 294 g/mol. The van der Waals surface area contributed by atoms with Gasteiger partial charge in [-0.05, 0) is 30.5 Å². The van der Waals surface area contributed by atoms with E-state index in [0.29, 0.717) is 25.1 Å². The topological polar surface area (TPSA) is 69.6 Å². The lowest BCUT2D eigenvalue weighted by atomic mass is 10.1. The molecule has 5 nitrogen and oxygen atoms in total. The minimum atomic E-state index is -1.05. The predicted molar refractivity (Wildman–Crippen MR) is 76.9 cm³/mol. The number of carbonyl (C=O) groups is 2. The van der Waals surface area contributed by atoms with Crippen LogP contribution in [0.5, 0.6) is 0 Å². The van der Waals surface area contributed by atoms with Crippen molar-refractivity contribution in [3.8, 4) is 0 Å². The summed E-state index contributed by atoms with van der Waals surface area (Å²) in [5.74, 6) is -1.45. The number of nitrogens with zero attached hydrogens (tertiary/aromatic N) is 1.